The second-order valence-corrected chi connectivity index (χ2v) is 6.41. The number of carbonyl (C=O) groups is 1. The van der Waals surface area contributed by atoms with Crippen LogP contribution in [0.25, 0.3) is 5.65 Å². The number of nitrogens with one attached hydrogen (secondary N) is 1. The molecule has 0 spiro atoms. The summed E-state index contributed by atoms with van der Waals surface area (Å²) in [6.45, 7) is 3.63. The highest BCUT2D eigenvalue weighted by Crippen LogP contribution is 2.39. The fraction of sp³-hybridized carbons (Fsp3) is 0.625. The van der Waals surface area contributed by atoms with Gasteiger partial charge in [-0.15, -0.1) is 10.2 Å². The minimum absolute atomic E-state index is 0.220. The molecule has 8 heteroatoms. The number of hydrogen-bond acceptors (Lipinski definition) is 6. The second kappa shape index (κ2) is 6.26. The summed E-state index contributed by atoms with van der Waals surface area (Å²) in [6.07, 6.45) is 7.62. The maximum atomic E-state index is 11.8. The summed E-state index contributed by atoms with van der Waals surface area (Å²) in [5.74, 6) is 2.35. The maximum Gasteiger partial charge on any atom is 0.409 e. The molecule has 3 heterocycles. The van der Waals surface area contributed by atoms with Crippen LogP contribution in [0.1, 0.15) is 44.3 Å². The van der Waals surface area contributed by atoms with Gasteiger partial charge in [0.25, 0.3) is 0 Å². The number of piperidine rings is 1. The lowest BCUT2D eigenvalue weighted by Crippen LogP contribution is -2.42. The first-order valence-electron chi connectivity index (χ1n) is 8.64. The third-order valence-electron chi connectivity index (χ3n) is 4.66. The van der Waals surface area contributed by atoms with Crippen molar-refractivity contribution in [3.05, 3.63) is 18.2 Å². The molecule has 1 N–H and O–H groups in total. The molecule has 24 heavy (non-hydrogen) atoms. The van der Waals surface area contributed by atoms with Crippen LogP contribution < -0.4 is 5.32 Å². The molecule has 2 fully saturated rings. The van der Waals surface area contributed by atoms with E-state index in [0.29, 0.717) is 25.6 Å². The minimum Gasteiger partial charge on any atom is -0.450 e. The first-order valence-corrected chi connectivity index (χ1v) is 8.64. The Morgan fingerprint density at radius 1 is 1.29 bits per heavy atom. The van der Waals surface area contributed by atoms with Crippen molar-refractivity contribution < 1.29 is 9.53 Å². The van der Waals surface area contributed by atoms with E-state index in [-0.39, 0.29) is 12.1 Å². The summed E-state index contributed by atoms with van der Waals surface area (Å²) in [7, 11) is 0. The number of aromatic nitrogens is 4. The zero-order chi connectivity index (χ0) is 16.5. The molecule has 0 aromatic carbocycles. The molecular weight excluding hydrogens is 308 g/mol. The summed E-state index contributed by atoms with van der Waals surface area (Å²) in [5.41, 5.74) is 0.784. The summed E-state index contributed by atoms with van der Waals surface area (Å²) in [6, 6.07) is 0.274. The average molecular weight is 330 g/mol. The smallest absolute Gasteiger partial charge is 0.409 e. The predicted molar refractivity (Wildman–Crippen MR) is 88.0 cm³/mol. The molecule has 128 valence electrons. The number of anilines is 1. The van der Waals surface area contributed by atoms with Crippen molar-refractivity contribution in [1.29, 1.82) is 0 Å². The quantitative estimate of drug-likeness (QED) is 0.923. The minimum atomic E-state index is -0.220. The number of rotatable bonds is 4. The first-order chi connectivity index (χ1) is 11.8. The van der Waals surface area contributed by atoms with Crippen LogP contribution in [0.2, 0.25) is 0 Å². The Balaban J connectivity index is 1.43. The van der Waals surface area contributed by atoms with E-state index in [4.69, 9.17) is 4.74 Å². The zero-order valence-electron chi connectivity index (χ0n) is 13.8. The average Bonchev–Trinajstić information content (AvgIpc) is 3.35. The monoisotopic (exact) mass is 330 g/mol. The lowest BCUT2D eigenvalue weighted by atomic mass is 10.1. The Bertz CT molecular complexity index is 733. The molecule has 1 saturated heterocycles. The Morgan fingerprint density at radius 2 is 2.08 bits per heavy atom. The normalized spacial score (nSPS) is 18.8. The molecular formula is C16H22N6O2. The van der Waals surface area contributed by atoms with Gasteiger partial charge in [0.2, 0.25) is 5.65 Å². The number of likely N-dealkylation sites (tertiary alicyclic amines) is 1. The van der Waals surface area contributed by atoms with Gasteiger partial charge in [-0.3, -0.25) is 4.40 Å². The van der Waals surface area contributed by atoms with E-state index in [0.717, 1.165) is 30.1 Å². The van der Waals surface area contributed by atoms with E-state index in [1.54, 1.807) is 11.1 Å². The number of hydrogen-bond donors (Lipinski definition) is 1. The lowest BCUT2D eigenvalue weighted by molar-refractivity contribution is 0.0983. The Hall–Kier alpha value is -2.38. The fourth-order valence-corrected chi connectivity index (χ4v) is 3.18. The molecule has 4 rings (SSSR count). The Labute approximate surface area is 140 Å². The van der Waals surface area contributed by atoms with Gasteiger partial charge >= 0.3 is 6.09 Å². The largest absolute Gasteiger partial charge is 0.450 e. The van der Waals surface area contributed by atoms with Gasteiger partial charge in [-0.25, -0.2) is 9.78 Å². The maximum absolute atomic E-state index is 11.8. The Kier molecular flexibility index (Phi) is 3.95. The van der Waals surface area contributed by atoms with Gasteiger partial charge in [-0.1, -0.05) is 0 Å². The number of amides is 1. The summed E-state index contributed by atoms with van der Waals surface area (Å²) < 4.78 is 7.10. The van der Waals surface area contributed by atoms with Crippen LogP contribution >= 0.6 is 0 Å². The molecule has 2 aromatic heterocycles. The highest BCUT2D eigenvalue weighted by atomic mass is 16.6. The van der Waals surface area contributed by atoms with Crippen molar-refractivity contribution in [3.8, 4) is 0 Å². The number of ether oxygens (including phenoxy) is 1. The van der Waals surface area contributed by atoms with Gasteiger partial charge in [-0.05, 0) is 32.6 Å². The lowest BCUT2D eigenvalue weighted by Gasteiger charge is -2.31. The van der Waals surface area contributed by atoms with E-state index < -0.39 is 0 Å². The SMILES string of the molecule is CCOC(=O)N1CCC(Nc2nccn3c(C4CC4)nnc23)CC1. The van der Waals surface area contributed by atoms with Crippen molar-refractivity contribution in [1.82, 2.24) is 24.5 Å². The summed E-state index contributed by atoms with van der Waals surface area (Å²) in [5, 5.41) is 12.1. The molecule has 8 nitrogen and oxygen atoms in total. The van der Waals surface area contributed by atoms with Crippen LogP contribution in [0.5, 0.6) is 0 Å². The molecule has 0 radical (unpaired) electrons. The first kappa shape index (κ1) is 15.2. The van der Waals surface area contributed by atoms with Crippen molar-refractivity contribution >= 4 is 17.6 Å². The van der Waals surface area contributed by atoms with Gasteiger partial charge in [0.15, 0.2) is 5.82 Å². The molecule has 1 saturated carbocycles. The van der Waals surface area contributed by atoms with Crippen molar-refractivity contribution in [2.24, 2.45) is 0 Å². The van der Waals surface area contributed by atoms with Crippen LogP contribution in [0.4, 0.5) is 10.6 Å². The standard InChI is InChI=1S/C16H22N6O2/c1-2-24-16(23)21-8-5-12(6-9-21)18-13-15-20-19-14(11-3-4-11)22(15)10-7-17-13/h7,10-12H,2-6,8-9H2,1H3,(H,17,18). The van der Waals surface area contributed by atoms with Crippen LogP contribution in [0.3, 0.4) is 0 Å². The number of carbonyl (C=O) groups excluding carboxylic acids is 1. The molecule has 1 aliphatic carbocycles. The van der Waals surface area contributed by atoms with Crippen LogP contribution in [-0.2, 0) is 4.74 Å². The fourth-order valence-electron chi connectivity index (χ4n) is 3.18. The van der Waals surface area contributed by atoms with Gasteiger partial charge < -0.3 is 15.0 Å². The van der Waals surface area contributed by atoms with Crippen LogP contribution in [-0.4, -0.2) is 56.3 Å². The summed E-state index contributed by atoms with van der Waals surface area (Å²) >= 11 is 0. The molecule has 1 aliphatic heterocycles. The van der Waals surface area contributed by atoms with Gasteiger partial charge in [0.1, 0.15) is 5.82 Å². The van der Waals surface area contributed by atoms with E-state index in [2.05, 4.69) is 20.5 Å². The predicted octanol–water partition coefficient (Wildman–Crippen LogP) is 2.03. The van der Waals surface area contributed by atoms with Gasteiger partial charge in [0, 0.05) is 37.4 Å². The highest BCUT2D eigenvalue weighted by molar-refractivity contribution is 5.68. The molecule has 0 bridgehead atoms. The Morgan fingerprint density at radius 3 is 2.79 bits per heavy atom. The van der Waals surface area contributed by atoms with Gasteiger partial charge in [-0.2, -0.15) is 0 Å². The van der Waals surface area contributed by atoms with Crippen molar-refractivity contribution in [2.45, 2.75) is 44.6 Å². The summed E-state index contributed by atoms with van der Waals surface area (Å²) in [4.78, 5) is 18.0. The molecule has 2 aliphatic rings. The number of fused-ring (bicyclic) bond motifs is 1. The highest BCUT2D eigenvalue weighted by Gasteiger charge is 2.29. The second-order valence-electron chi connectivity index (χ2n) is 6.41. The topological polar surface area (TPSA) is 84.7 Å². The van der Waals surface area contributed by atoms with Crippen molar-refractivity contribution in [3.63, 3.8) is 0 Å². The third kappa shape index (κ3) is 2.88. The molecule has 0 unspecified atom stereocenters. The molecule has 1 amide bonds. The van der Waals surface area contributed by atoms with Crippen molar-refractivity contribution in [2.75, 3.05) is 25.0 Å². The van der Waals surface area contributed by atoms with E-state index in [1.165, 1.54) is 12.8 Å². The van der Waals surface area contributed by atoms with E-state index in [1.807, 2.05) is 17.5 Å². The van der Waals surface area contributed by atoms with E-state index in [9.17, 15) is 4.79 Å². The zero-order valence-corrected chi connectivity index (χ0v) is 13.8. The van der Waals surface area contributed by atoms with Crippen LogP contribution in [0.15, 0.2) is 12.4 Å². The number of nitrogens with zero attached hydrogens (tertiary/aromatic N) is 5. The molecule has 0 atom stereocenters. The van der Waals surface area contributed by atoms with Gasteiger partial charge in [0.05, 0.1) is 6.61 Å². The molecule has 2 aromatic rings. The van der Waals surface area contributed by atoms with E-state index >= 15 is 0 Å². The van der Waals surface area contributed by atoms with Crippen LogP contribution in [0, 0.1) is 0 Å². The third-order valence-corrected chi connectivity index (χ3v) is 4.66.